The third-order valence-corrected chi connectivity index (χ3v) is 4.78. The molecule has 0 aliphatic rings. The van der Waals surface area contributed by atoms with Gasteiger partial charge in [0.25, 0.3) is 0 Å². The van der Waals surface area contributed by atoms with Gasteiger partial charge in [0, 0.05) is 11.9 Å². The van der Waals surface area contributed by atoms with E-state index in [1.54, 1.807) is 35.8 Å². The maximum atomic E-state index is 13.0. The maximum Gasteiger partial charge on any atom is 0.236 e. The molecule has 0 heterocycles. The zero-order valence-corrected chi connectivity index (χ0v) is 13.8. The fourth-order valence-electron chi connectivity index (χ4n) is 2.20. The van der Waals surface area contributed by atoms with E-state index >= 15 is 0 Å². The molecule has 0 spiro atoms. The highest BCUT2D eigenvalue weighted by molar-refractivity contribution is 8.00. The highest BCUT2D eigenvalue weighted by atomic mass is 32.2. The van der Waals surface area contributed by atoms with Crippen LogP contribution in [0.15, 0.2) is 59.5 Å². The fraction of sp³-hybridized carbons (Fsp3) is 0.278. The van der Waals surface area contributed by atoms with Crippen molar-refractivity contribution in [1.82, 2.24) is 4.90 Å². The van der Waals surface area contributed by atoms with Crippen LogP contribution in [-0.2, 0) is 4.79 Å². The number of hydrogen-bond donors (Lipinski definition) is 0. The molecule has 0 N–H and O–H groups in total. The summed E-state index contributed by atoms with van der Waals surface area (Å²) in [7, 11) is 1.79. The largest absolute Gasteiger partial charge is 0.338 e. The second-order valence-electron chi connectivity index (χ2n) is 5.25. The first-order chi connectivity index (χ1) is 10.5. The lowest BCUT2D eigenvalue weighted by Crippen LogP contribution is -2.35. The molecule has 2 unspecified atom stereocenters. The monoisotopic (exact) mass is 317 g/mol. The number of nitrogens with zero attached hydrogens (tertiary/aromatic N) is 1. The number of carbonyl (C=O) groups is 1. The van der Waals surface area contributed by atoms with Crippen LogP contribution in [0.2, 0.25) is 0 Å². The maximum absolute atomic E-state index is 13.0. The predicted octanol–water partition coefficient (Wildman–Crippen LogP) is 4.53. The number of thioether (sulfide) groups is 1. The topological polar surface area (TPSA) is 20.3 Å². The minimum Gasteiger partial charge on any atom is -0.338 e. The number of halogens is 1. The second kappa shape index (κ2) is 7.45. The summed E-state index contributed by atoms with van der Waals surface area (Å²) >= 11 is 1.54. The Labute approximate surface area is 135 Å². The molecule has 2 atom stereocenters. The molecule has 2 aromatic rings. The molecule has 2 rings (SSSR count). The smallest absolute Gasteiger partial charge is 0.236 e. The Balaban J connectivity index is 2.02. The van der Waals surface area contributed by atoms with Crippen LogP contribution < -0.4 is 0 Å². The highest BCUT2D eigenvalue weighted by Crippen LogP contribution is 2.27. The number of hydrogen-bond acceptors (Lipinski definition) is 2. The molecular weight excluding hydrogens is 297 g/mol. The number of benzene rings is 2. The van der Waals surface area contributed by atoms with Crippen molar-refractivity contribution in [2.45, 2.75) is 30.0 Å². The highest BCUT2D eigenvalue weighted by Gasteiger charge is 2.23. The molecule has 0 aromatic heterocycles. The summed E-state index contributed by atoms with van der Waals surface area (Å²) in [5, 5.41) is -0.171. The fourth-order valence-corrected chi connectivity index (χ4v) is 3.19. The van der Waals surface area contributed by atoms with Gasteiger partial charge in [-0.15, -0.1) is 11.8 Å². The molecule has 2 aromatic carbocycles. The van der Waals surface area contributed by atoms with Crippen LogP contribution in [0.3, 0.4) is 0 Å². The van der Waals surface area contributed by atoms with E-state index in [0.29, 0.717) is 0 Å². The zero-order chi connectivity index (χ0) is 16.1. The van der Waals surface area contributed by atoms with E-state index < -0.39 is 0 Å². The van der Waals surface area contributed by atoms with E-state index in [-0.39, 0.29) is 23.0 Å². The first-order valence-electron chi connectivity index (χ1n) is 7.23. The number of amides is 1. The first-order valence-corrected chi connectivity index (χ1v) is 8.11. The molecule has 4 heteroatoms. The van der Waals surface area contributed by atoms with Crippen LogP contribution >= 0.6 is 11.8 Å². The van der Waals surface area contributed by atoms with Gasteiger partial charge in [-0.05, 0) is 43.7 Å². The summed E-state index contributed by atoms with van der Waals surface area (Å²) in [4.78, 5) is 15.4. The Morgan fingerprint density at radius 1 is 1.05 bits per heavy atom. The Morgan fingerprint density at radius 2 is 1.64 bits per heavy atom. The third-order valence-electron chi connectivity index (χ3n) is 3.68. The summed E-state index contributed by atoms with van der Waals surface area (Å²) in [6.45, 7) is 3.86. The Morgan fingerprint density at radius 3 is 2.23 bits per heavy atom. The molecular formula is C18H20FNOS. The van der Waals surface area contributed by atoms with Crippen LogP contribution in [0.5, 0.6) is 0 Å². The van der Waals surface area contributed by atoms with Gasteiger partial charge in [-0.2, -0.15) is 0 Å². The van der Waals surface area contributed by atoms with Crippen molar-refractivity contribution in [3.63, 3.8) is 0 Å². The molecule has 0 bridgehead atoms. The van der Waals surface area contributed by atoms with Gasteiger partial charge < -0.3 is 4.90 Å². The van der Waals surface area contributed by atoms with Crippen molar-refractivity contribution in [3.8, 4) is 0 Å². The quantitative estimate of drug-likeness (QED) is 0.755. The Kier molecular flexibility index (Phi) is 5.61. The molecule has 0 saturated heterocycles. The number of carbonyl (C=O) groups excluding carboxylic acids is 1. The molecule has 116 valence electrons. The summed E-state index contributed by atoms with van der Waals surface area (Å²) in [5.74, 6) is -0.205. The molecule has 0 aliphatic heterocycles. The van der Waals surface area contributed by atoms with Gasteiger partial charge in [0.05, 0.1) is 11.3 Å². The van der Waals surface area contributed by atoms with E-state index in [0.717, 1.165) is 10.5 Å². The predicted molar refractivity (Wildman–Crippen MR) is 89.3 cm³/mol. The van der Waals surface area contributed by atoms with Crippen molar-refractivity contribution >= 4 is 17.7 Å². The van der Waals surface area contributed by atoms with Crippen molar-refractivity contribution in [2.24, 2.45) is 0 Å². The van der Waals surface area contributed by atoms with Gasteiger partial charge >= 0.3 is 0 Å². The van der Waals surface area contributed by atoms with Gasteiger partial charge in [0.1, 0.15) is 5.82 Å². The van der Waals surface area contributed by atoms with E-state index in [4.69, 9.17) is 0 Å². The number of rotatable bonds is 5. The van der Waals surface area contributed by atoms with Gasteiger partial charge in [-0.3, -0.25) is 4.79 Å². The molecule has 0 radical (unpaired) electrons. The average Bonchev–Trinajstić information content (AvgIpc) is 2.54. The van der Waals surface area contributed by atoms with Crippen LogP contribution in [0.4, 0.5) is 4.39 Å². The van der Waals surface area contributed by atoms with Crippen molar-refractivity contribution < 1.29 is 9.18 Å². The molecule has 2 nitrogen and oxygen atoms in total. The molecule has 0 fully saturated rings. The average molecular weight is 317 g/mol. The van der Waals surface area contributed by atoms with Crippen LogP contribution in [0, 0.1) is 5.82 Å². The van der Waals surface area contributed by atoms with Crippen molar-refractivity contribution in [1.29, 1.82) is 0 Å². The van der Waals surface area contributed by atoms with E-state index in [9.17, 15) is 9.18 Å². The van der Waals surface area contributed by atoms with Gasteiger partial charge in [-0.25, -0.2) is 4.39 Å². The van der Waals surface area contributed by atoms with Crippen LogP contribution in [0.25, 0.3) is 0 Å². The lowest BCUT2D eigenvalue weighted by Gasteiger charge is -2.28. The molecule has 1 amide bonds. The van der Waals surface area contributed by atoms with E-state index in [2.05, 4.69) is 0 Å². The van der Waals surface area contributed by atoms with Gasteiger partial charge in [0.2, 0.25) is 5.91 Å². The minimum absolute atomic E-state index is 0.0608. The summed E-state index contributed by atoms with van der Waals surface area (Å²) < 4.78 is 13.0. The van der Waals surface area contributed by atoms with Crippen molar-refractivity contribution in [2.75, 3.05) is 7.05 Å². The lowest BCUT2D eigenvalue weighted by molar-refractivity contribution is -0.130. The minimum atomic E-state index is -0.266. The zero-order valence-electron chi connectivity index (χ0n) is 13.0. The molecule has 22 heavy (non-hydrogen) atoms. The Hall–Kier alpha value is -1.81. The van der Waals surface area contributed by atoms with Gasteiger partial charge in [-0.1, -0.05) is 30.3 Å². The SMILES string of the molecule is CC(Sc1ccccc1)C(=O)N(C)C(C)c1ccc(F)cc1. The lowest BCUT2D eigenvalue weighted by atomic mass is 10.1. The summed E-state index contributed by atoms with van der Waals surface area (Å²) in [6, 6.07) is 16.1. The standard InChI is InChI=1S/C18H20FNOS/c1-13(15-9-11-16(19)12-10-15)20(3)18(21)14(2)22-17-7-5-4-6-8-17/h4-14H,1-3H3. The van der Waals surface area contributed by atoms with Crippen LogP contribution in [0.1, 0.15) is 25.5 Å². The first kappa shape index (κ1) is 16.6. The van der Waals surface area contributed by atoms with Gasteiger partial charge in [0.15, 0.2) is 0 Å². The normalized spacial score (nSPS) is 13.5. The second-order valence-corrected chi connectivity index (χ2v) is 6.66. The van der Waals surface area contributed by atoms with Crippen molar-refractivity contribution in [3.05, 3.63) is 66.0 Å². The summed E-state index contributed by atoms with van der Waals surface area (Å²) in [5.41, 5.74) is 0.925. The third kappa shape index (κ3) is 4.10. The van der Waals surface area contributed by atoms with E-state index in [1.165, 1.54) is 12.1 Å². The molecule has 0 aliphatic carbocycles. The molecule has 0 saturated carbocycles. The Bertz CT molecular complexity index is 615. The summed E-state index contributed by atoms with van der Waals surface area (Å²) in [6.07, 6.45) is 0. The van der Waals surface area contributed by atoms with Crippen LogP contribution in [-0.4, -0.2) is 23.1 Å². The van der Waals surface area contributed by atoms with E-state index in [1.807, 2.05) is 44.2 Å².